The standard InChI is InChI=1S/C16H30O2/c1-5-6-7-8-9-14(2)10-11-15(3)12-13-18-16(4)17/h10,15H,5-9,11-13H2,1-4H3. The molecule has 0 aliphatic carbocycles. The Kier molecular flexibility index (Phi) is 10.8. The van der Waals surface area contributed by atoms with E-state index in [4.69, 9.17) is 4.74 Å². The highest BCUT2D eigenvalue weighted by Crippen LogP contribution is 2.14. The third kappa shape index (κ3) is 11.7. The average Bonchev–Trinajstić information content (AvgIpc) is 2.31. The second-order valence-corrected chi connectivity index (χ2v) is 5.33. The number of ether oxygens (including phenoxy) is 1. The van der Waals surface area contributed by atoms with Gasteiger partial charge >= 0.3 is 5.97 Å². The largest absolute Gasteiger partial charge is 0.466 e. The van der Waals surface area contributed by atoms with Crippen LogP contribution in [0.2, 0.25) is 0 Å². The zero-order valence-corrected chi connectivity index (χ0v) is 12.6. The molecule has 18 heavy (non-hydrogen) atoms. The minimum absolute atomic E-state index is 0.176. The van der Waals surface area contributed by atoms with Crippen LogP contribution in [0.1, 0.15) is 72.6 Å². The van der Waals surface area contributed by atoms with E-state index in [0.717, 1.165) is 12.8 Å². The van der Waals surface area contributed by atoms with E-state index in [2.05, 4.69) is 26.8 Å². The molecule has 0 saturated heterocycles. The fourth-order valence-corrected chi connectivity index (χ4v) is 1.86. The summed E-state index contributed by atoms with van der Waals surface area (Å²) in [6.07, 6.45) is 11.0. The van der Waals surface area contributed by atoms with E-state index in [0.29, 0.717) is 12.5 Å². The molecule has 2 nitrogen and oxygen atoms in total. The summed E-state index contributed by atoms with van der Waals surface area (Å²) < 4.78 is 4.95. The first-order valence-electron chi connectivity index (χ1n) is 7.35. The molecule has 0 amide bonds. The summed E-state index contributed by atoms with van der Waals surface area (Å²) in [5.74, 6) is 0.416. The molecule has 1 unspecified atom stereocenters. The summed E-state index contributed by atoms with van der Waals surface area (Å²) in [6.45, 7) is 8.70. The Morgan fingerprint density at radius 3 is 2.56 bits per heavy atom. The topological polar surface area (TPSA) is 26.3 Å². The van der Waals surface area contributed by atoms with Crippen LogP contribution in [0.15, 0.2) is 11.6 Å². The van der Waals surface area contributed by atoms with Gasteiger partial charge in [0.1, 0.15) is 0 Å². The summed E-state index contributed by atoms with van der Waals surface area (Å²) in [7, 11) is 0. The van der Waals surface area contributed by atoms with Gasteiger partial charge in [0.2, 0.25) is 0 Å². The van der Waals surface area contributed by atoms with Crippen molar-refractivity contribution in [3.05, 3.63) is 11.6 Å². The van der Waals surface area contributed by atoms with Gasteiger partial charge in [0.05, 0.1) is 6.61 Å². The number of carbonyl (C=O) groups is 1. The van der Waals surface area contributed by atoms with Gasteiger partial charge in [-0.3, -0.25) is 4.79 Å². The van der Waals surface area contributed by atoms with Crippen LogP contribution in [0.4, 0.5) is 0 Å². The molecule has 0 radical (unpaired) electrons. The Bertz CT molecular complexity index is 243. The van der Waals surface area contributed by atoms with E-state index in [1.54, 1.807) is 0 Å². The Morgan fingerprint density at radius 1 is 1.22 bits per heavy atom. The summed E-state index contributed by atoms with van der Waals surface area (Å²) in [5.41, 5.74) is 1.51. The van der Waals surface area contributed by atoms with Crippen LogP contribution >= 0.6 is 0 Å². The normalized spacial score (nSPS) is 13.4. The molecule has 0 rings (SSSR count). The zero-order chi connectivity index (χ0) is 13.8. The molecular weight excluding hydrogens is 224 g/mol. The SMILES string of the molecule is CCCCCCC(C)=CCC(C)CCOC(C)=O. The highest BCUT2D eigenvalue weighted by Gasteiger charge is 2.02. The summed E-state index contributed by atoms with van der Waals surface area (Å²) >= 11 is 0. The van der Waals surface area contributed by atoms with Gasteiger partial charge in [-0.25, -0.2) is 0 Å². The first kappa shape index (κ1) is 17.2. The fourth-order valence-electron chi connectivity index (χ4n) is 1.86. The maximum absolute atomic E-state index is 10.6. The van der Waals surface area contributed by atoms with Crippen molar-refractivity contribution in [2.24, 2.45) is 5.92 Å². The van der Waals surface area contributed by atoms with Crippen molar-refractivity contribution in [2.75, 3.05) is 6.61 Å². The lowest BCUT2D eigenvalue weighted by atomic mass is 10.0. The van der Waals surface area contributed by atoms with Crippen molar-refractivity contribution in [3.8, 4) is 0 Å². The molecule has 0 heterocycles. The molecule has 0 N–H and O–H groups in total. The number of unbranched alkanes of at least 4 members (excludes halogenated alkanes) is 3. The molecule has 0 aromatic heterocycles. The highest BCUT2D eigenvalue weighted by molar-refractivity contribution is 5.65. The van der Waals surface area contributed by atoms with Crippen molar-refractivity contribution < 1.29 is 9.53 Å². The number of carbonyl (C=O) groups excluding carboxylic acids is 1. The first-order valence-corrected chi connectivity index (χ1v) is 7.35. The zero-order valence-electron chi connectivity index (χ0n) is 12.6. The molecule has 0 aliphatic rings. The Morgan fingerprint density at radius 2 is 1.94 bits per heavy atom. The molecule has 0 fully saturated rings. The lowest BCUT2D eigenvalue weighted by molar-refractivity contribution is -0.141. The van der Waals surface area contributed by atoms with Gasteiger partial charge in [0.15, 0.2) is 0 Å². The van der Waals surface area contributed by atoms with E-state index in [9.17, 15) is 4.79 Å². The Hall–Kier alpha value is -0.790. The van der Waals surface area contributed by atoms with E-state index >= 15 is 0 Å². The van der Waals surface area contributed by atoms with Crippen LogP contribution < -0.4 is 0 Å². The molecule has 106 valence electrons. The minimum Gasteiger partial charge on any atom is -0.466 e. The summed E-state index contributed by atoms with van der Waals surface area (Å²) in [4.78, 5) is 10.6. The molecule has 0 spiro atoms. The molecule has 0 aromatic carbocycles. The lowest BCUT2D eigenvalue weighted by Gasteiger charge is -2.09. The van der Waals surface area contributed by atoms with Crippen molar-refractivity contribution in [1.29, 1.82) is 0 Å². The number of hydrogen-bond donors (Lipinski definition) is 0. The first-order chi connectivity index (χ1) is 8.56. The number of esters is 1. The summed E-state index contributed by atoms with van der Waals surface area (Å²) in [5, 5.41) is 0. The third-order valence-electron chi connectivity index (χ3n) is 3.21. The van der Waals surface area contributed by atoms with Crippen LogP contribution in [0.25, 0.3) is 0 Å². The van der Waals surface area contributed by atoms with Gasteiger partial charge in [-0.15, -0.1) is 0 Å². The van der Waals surface area contributed by atoms with Crippen LogP contribution in [0, 0.1) is 5.92 Å². The van der Waals surface area contributed by atoms with E-state index in [-0.39, 0.29) is 5.97 Å². The van der Waals surface area contributed by atoms with Crippen molar-refractivity contribution >= 4 is 5.97 Å². The molecular formula is C16H30O2. The molecule has 0 saturated carbocycles. The maximum Gasteiger partial charge on any atom is 0.302 e. The number of hydrogen-bond acceptors (Lipinski definition) is 2. The Labute approximate surface area is 113 Å². The van der Waals surface area contributed by atoms with Crippen molar-refractivity contribution in [2.45, 2.75) is 72.6 Å². The van der Waals surface area contributed by atoms with Crippen molar-refractivity contribution in [3.63, 3.8) is 0 Å². The molecule has 2 heteroatoms. The number of allylic oxidation sites excluding steroid dienone is 2. The predicted molar refractivity (Wildman–Crippen MR) is 77.5 cm³/mol. The van der Waals surface area contributed by atoms with Gasteiger partial charge in [0, 0.05) is 6.92 Å². The average molecular weight is 254 g/mol. The van der Waals surface area contributed by atoms with Crippen LogP contribution in [-0.2, 0) is 9.53 Å². The van der Waals surface area contributed by atoms with E-state index < -0.39 is 0 Å². The van der Waals surface area contributed by atoms with Gasteiger partial charge in [0.25, 0.3) is 0 Å². The second kappa shape index (κ2) is 11.3. The minimum atomic E-state index is -0.176. The van der Waals surface area contributed by atoms with Gasteiger partial charge < -0.3 is 4.74 Å². The highest BCUT2D eigenvalue weighted by atomic mass is 16.5. The maximum atomic E-state index is 10.6. The second-order valence-electron chi connectivity index (χ2n) is 5.33. The smallest absolute Gasteiger partial charge is 0.302 e. The van der Waals surface area contributed by atoms with Crippen LogP contribution in [0.3, 0.4) is 0 Å². The van der Waals surface area contributed by atoms with Gasteiger partial charge in [-0.2, -0.15) is 0 Å². The fraction of sp³-hybridized carbons (Fsp3) is 0.812. The van der Waals surface area contributed by atoms with Crippen LogP contribution in [0.5, 0.6) is 0 Å². The van der Waals surface area contributed by atoms with Crippen molar-refractivity contribution in [1.82, 2.24) is 0 Å². The molecule has 0 bridgehead atoms. The lowest BCUT2D eigenvalue weighted by Crippen LogP contribution is -2.04. The molecule has 1 atom stereocenters. The van der Waals surface area contributed by atoms with E-state index in [1.807, 2.05) is 0 Å². The van der Waals surface area contributed by atoms with Gasteiger partial charge in [-0.05, 0) is 38.5 Å². The molecule has 0 aromatic rings. The third-order valence-corrected chi connectivity index (χ3v) is 3.21. The van der Waals surface area contributed by atoms with Gasteiger partial charge in [-0.1, -0.05) is 44.8 Å². The van der Waals surface area contributed by atoms with Crippen LogP contribution in [-0.4, -0.2) is 12.6 Å². The number of rotatable bonds is 10. The van der Waals surface area contributed by atoms with E-state index in [1.165, 1.54) is 44.6 Å². The monoisotopic (exact) mass is 254 g/mol. The molecule has 0 aliphatic heterocycles. The summed E-state index contributed by atoms with van der Waals surface area (Å²) in [6, 6.07) is 0. The predicted octanol–water partition coefficient (Wildman–Crippen LogP) is 4.88. The quantitative estimate of drug-likeness (QED) is 0.315. The Balaban J connectivity index is 3.60.